The monoisotopic (exact) mass is 499 g/mol. The molecule has 3 aromatic rings. The number of hydrogen-bond acceptors (Lipinski definition) is 6. The molecule has 3 fully saturated rings. The van der Waals surface area contributed by atoms with Crippen molar-refractivity contribution in [2.75, 3.05) is 25.0 Å². The number of nitrogens with one attached hydrogen (secondary N) is 2. The third kappa shape index (κ3) is 4.68. The summed E-state index contributed by atoms with van der Waals surface area (Å²) in [6.45, 7) is 3.73. The molecule has 10 heteroatoms. The minimum absolute atomic E-state index is 0.188. The van der Waals surface area contributed by atoms with Crippen LogP contribution < -0.4 is 10.0 Å². The highest BCUT2D eigenvalue weighted by Gasteiger charge is 2.42. The van der Waals surface area contributed by atoms with Gasteiger partial charge in [-0.25, -0.2) is 13.1 Å². The third-order valence-electron chi connectivity index (χ3n) is 6.94. The molecule has 1 aromatic carbocycles. The molecule has 5 heterocycles. The Morgan fingerprint density at radius 3 is 2.68 bits per heavy atom. The zero-order chi connectivity index (χ0) is 23.9. The molecule has 2 aromatic heterocycles. The molecule has 1 amide bonds. The van der Waals surface area contributed by atoms with Crippen molar-refractivity contribution >= 4 is 33.0 Å². The fraction of sp³-hybridized carbons (Fsp3) is 0.417. The molecular formula is C24H29N5O3S2. The Bertz CT molecular complexity index is 1270. The van der Waals surface area contributed by atoms with E-state index in [1.807, 2.05) is 17.8 Å². The summed E-state index contributed by atoms with van der Waals surface area (Å²) in [7, 11) is -1.60. The molecule has 4 atom stereocenters. The van der Waals surface area contributed by atoms with Gasteiger partial charge < -0.3 is 5.32 Å². The number of thiophene rings is 1. The Labute approximate surface area is 204 Å². The Hall–Kier alpha value is -2.53. The molecule has 2 bridgehead atoms. The molecule has 0 saturated carbocycles. The smallest absolute Gasteiger partial charge is 0.240 e. The van der Waals surface area contributed by atoms with E-state index in [1.165, 1.54) is 29.6 Å². The zero-order valence-corrected chi connectivity index (χ0v) is 20.9. The van der Waals surface area contributed by atoms with Crippen molar-refractivity contribution in [3.05, 3.63) is 53.5 Å². The molecule has 3 saturated heterocycles. The van der Waals surface area contributed by atoms with Crippen LogP contribution in [0.5, 0.6) is 0 Å². The van der Waals surface area contributed by atoms with Gasteiger partial charge in [-0.05, 0) is 67.1 Å². The van der Waals surface area contributed by atoms with Crippen LogP contribution in [0.1, 0.15) is 31.4 Å². The van der Waals surface area contributed by atoms with Crippen molar-refractivity contribution in [2.24, 2.45) is 13.0 Å². The maximum atomic E-state index is 12.8. The van der Waals surface area contributed by atoms with Gasteiger partial charge in [-0.15, -0.1) is 11.3 Å². The topological polar surface area (TPSA) is 96.3 Å². The summed E-state index contributed by atoms with van der Waals surface area (Å²) in [5.74, 6) is 0.736. The summed E-state index contributed by atoms with van der Waals surface area (Å²) in [5.41, 5.74) is 2.86. The van der Waals surface area contributed by atoms with E-state index < -0.39 is 10.0 Å². The predicted octanol–water partition coefficient (Wildman–Crippen LogP) is 3.26. The lowest BCUT2D eigenvalue weighted by molar-refractivity contribution is -0.114. The number of rotatable bonds is 7. The number of piperidine rings is 3. The molecule has 1 unspecified atom stereocenters. The molecule has 0 aliphatic carbocycles. The third-order valence-corrected chi connectivity index (χ3v) is 9.27. The molecular weight excluding hydrogens is 470 g/mol. The fourth-order valence-corrected chi connectivity index (χ4v) is 7.02. The largest absolute Gasteiger partial charge is 0.326 e. The molecule has 34 heavy (non-hydrogen) atoms. The summed E-state index contributed by atoms with van der Waals surface area (Å²) in [6, 6.07) is 12.8. The molecule has 180 valence electrons. The van der Waals surface area contributed by atoms with Gasteiger partial charge >= 0.3 is 0 Å². The van der Waals surface area contributed by atoms with Crippen LogP contribution >= 0.6 is 11.3 Å². The van der Waals surface area contributed by atoms with Gasteiger partial charge in [0.2, 0.25) is 15.9 Å². The quantitative estimate of drug-likeness (QED) is 0.520. The number of aromatic nitrogens is 2. The molecule has 0 radical (unpaired) electrons. The highest BCUT2D eigenvalue weighted by molar-refractivity contribution is 7.89. The van der Waals surface area contributed by atoms with Gasteiger partial charge in [-0.3, -0.25) is 14.4 Å². The van der Waals surface area contributed by atoms with Gasteiger partial charge in [-0.1, -0.05) is 6.07 Å². The van der Waals surface area contributed by atoms with Crippen molar-refractivity contribution in [2.45, 2.75) is 36.6 Å². The van der Waals surface area contributed by atoms with E-state index in [2.05, 4.69) is 32.5 Å². The molecule has 3 aliphatic heterocycles. The highest BCUT2D eigenvalue weighted by atomic mass is 32.2. The number of nitrogens with zero attached hydrogens (tertiary/aromatic N) is 3. The van der Waals surface area contributed by atoms with E-state index in [9.17, 15) is 13.2 Å². The first-order valence-corrected chi connectivity index (χ1v) is 13.9. The van der Waals surface area contributed by atoms with Crippen molar-refractivity contribution in [1.29, 1.82) is 0 Å². The van der Waals surface area contributed by atoms with Gasteiger partial charge in [0, 0.05) is 50.4 Å². The van der Waals surface area contributed by atoms with Crippen LogP contribution in [0.4, 0.5) is 5.69 Å². The Morgan fingerprint density at radius 1 is 1.24 bits per heavy atom. The Morgan fingerprint density at radius 2 is 2.03 bits per heavy atom. The molecule has 8 nitrogen and oxygen atoms in total. The lowest BCUT2D eigenvalue weighted by atomic mass is 9.74. The Kier molecular flexibility index (Phi) is 6.32. The maximum Gasteiger partial charge on any atom is 0.240 e. The van der Waals surface area contributed by atoms with E-state index >= 15 is 0 Å². The maximum absolute atomic E-state index is 12.8. The zero-order valence-electron chi connectivity index (χ0n) is 19.3. The second-order valence-corrected chi connectivity index (χ2v) is 11.9. The van der Waals surface area contributed by atoms with Gasteiger partial charge in [0.25, 0.3) is 0 Å². The van der Waals surface area contributed by atoms with Gasteiger partial charge in [0.05, 0.1) is 9.77 Å². The van der Waals surface area contributed by atoms with E-state index in [4.69, 9.17) is 5.10 Å². The number of hydrogen-bond donors (Lipinski definition) is 2. The van der Waals surface area contributed by atoms with Crippen molar-refractivity contribution < 1.29 is 13.2 Å². The lowest BCUT2D eigenvalue weighted by Crippen LogP contribution is -2.56. The summed E-state index contributed by atoms with van der Waals surface area (Å²) < 4.78 is 30.5. The number of anilines is 1. The first kappa shape index (κ1) is 23.2. The van der Waals surface area contributed by atoms with Crippen LogP contribution in [0.25, 0.3) is 10.6 Å². The first-order valence-electron chi connectivity index (χ1n) is 11.5. The lowest BCUT2D eigenvalue weighted by Gasteiger charge is -2.49. The molecule has 6 rings (SSSR count). The predicted molar refractivity (Wildman–Crippen MR) is 133 cm³/mol. The van der Waals surface area contributed by atoms with E-state index in [1.54, 1.807) is 23.5 Å². The standard InChI is InChI=1S/C24H29N5O3S2/c1-16(30)26-18-5-7-20(8-6-18)34(31,32)25-14-19-12-17-9-10-29(19)15-21(17)23-13-22(27-28(23)2)24-4-3-11-33-24/h3-8,11,13,17,19,21,25H,9-10,12,14-15H2,1-2H3,(H,26,30)/t17-,19-,21+/m1/s1. The number of benzene rings is 1. The minimum Gasteiger partial charge on any atom is -0.326 e. The van der Waals surface area contributed by atoms with E-state index in [-0.39, 0.29) is 16.8 Å². The number of carbonyl (C=O) groups excluding carboxylic acids is 1. The number of aryl methyl sites for hydroxylation is 1. The summed E-state index contributed by atoms with van der Waals surface area (Å²) in [6.07, 6.45) is 2.09. The van der Waals surface area contributed by atoms with Crippen LogP contribution in [0.15, 0.2) is 52.7 Å². The normalized spacial score (nSPS) is 24.3. The summed E-state index contributed by atoms with van der Waals surface area (Å²) in [4.78, 5) is 15.0. The summed E-state index contributed by atoms with van der Waals surface area (Å²) in [5, 5.41) is 9.47. The van der Waals surface area contributed by atoms with Crippen LogP contribution in [-0.2, 0) is 21.9 Å². The highest BCUT2D eigenvalue weighted by Crippen LogP contribution is 2.42. The first-order chi connectivity index (χ1) is 16.3. The molecule has 3 aliphatic rings. The van der Waals surface area contributed by atoms with Crippen LogP contribution in [0.3, 0.4) is 0 Å². The van der Waals surface area contributed by atoms with Crippen molar-refractivity contribution in [3.63, 3.8) is 0 Å². The Balaban J connectivity index is 1.23. The average molecular weight is 500 g/mol. The number of carbonyl (C=O) groups is 1. The van der Waals surface area contributed by atoms with Crippen LogP contribution in [0, 0.1) is 5.92 Å². The van der Waals surface area contributed by atoms with Crippen molar-refractivity contribution in [3.8, 4) is 10.6 Å². The average Bonchev–Trinajstić information content (AvgIpc) is 3.48. The van der Waals surface area contributed by atoms with Crippen molar-refractivity contribution in [1.82, 2.24) is 19.4 Å². The second-order valence-electron chi connectivity index (χ2n) is 9.15. The van der Waals surface area contributed by atoms with Gasteiger partial charge in [0.15, 0.2) is 0 Å². The van der Waals surface area contributed by atoms with E-state index in [0.29, 0.717) is 24.1 Å². The number of sulfonamides is 1. The van der Waals surface area contributed by atoms with Crippen LogP contribution in [0.2, 0.25) is 0 Å². The number of fused-ring (bicyclic) bond motifs is 3. The number of amides is 1. The summed E-state index contributed by atoms with van der Waals surface area (Å²) >= 11 is 1.70. The van der Waals surface area contributed by atoms with E-state index in [0.717, 1.165) is 31.6 Å². The SMILES string of the molecule is CC(=O)Nc1ccc(S(=O)(=O)NC[C@H]2C[C@H]3CCN2C[C@@H]3c2cc(-c3cccs3)nn2C)cc1. The second kappa shape index (κ2) is 9.26. The van der Waals surface area contributed by atoms with Gasteiger partial charge in [-0.2, -0.15) is 5.10 Å². The molecule has 2 N–H and O–H groups in total. The van der Waals surface area contributed by atoms with Crippen LogP contribution in [-0.4, -0.2) is 54.7 Å². The molecule has 0 spiro atoms. The minimum atomic E-state index is -3.62. The van der Waals surface area contributed by atoms with Gasteiger partial charge in [0.1, 0.15) is 5.69 Å². The fourth-order valence-electron chi connectivity index (χ4n) is 5.27.